The zero-order valence-electron chi connectivity index (χ0n) is 8.97. The lowest BCUT2D eigenvalue weighted by Crippen LogP contribution is -2.26. The molecular weight excluding hydrogens is 230 g/mol. The van der Waals surface area contributed by atoms with Crippen LogP contribution in [0.3, 0.4) is 0 Å². The van der Waals surface area contributed by atoms with E-state index in [2.05, 4.69) is 4.72 Å². The summed E-state index contributed by atoms with van der Waals surface area (Å²) in [5.41, 5.74) is 0.548. The van der Waals surface area contributed by atoms with Crippen molar-refractivity contribution in [3.8, 4) is 0 Å². The summed E-state index contributed by atoms with van der Waals surface area (Å²) in [5.74, 6) is -1.07. The van der Waals surface area contributed by atoms with Crippen molar-refractivity contribution in [2.24, 2.45) is 0 Å². The summed E-state index contributed by atoms with van der Waals surface area (Å²) in [6.45, 7) is 1.60. The highest BCUT2D eigenvalue weighted by Crippen LogP contribution is 2.18. The van der Waals surface area contributed by atoms with E-state index in [9.17, 15) is 13.2 Å². The molecule has 2 N–H and O–H groups in total. The molecular formula is C10H13NO4S. The van der Waals surface area contributed by atoms with Crippen molar-refractivity contribution in [2.45, 2.75) is 13.0 Å². The fourth-order valence-corrected chi connectivity index (χ4v) is 2.22. The van der Waals surface area contributed by atoms with Gasteiger partial charge in [-0.15, -0.1) is 0 Å². The molecule has 0 fully saturated rings. The van der Waals surface area contributed by atoms with Gasteiger partial charge in [0, 0.05) is 6.04 Å². The molecule has 16 heavy (non-hydrogen) atoms. The average Bonchev–Trinajstić information content (AvgIpc) is 2.15. The summed E-state index contributed by atoms with van der Waals surface area (Å²) >= 11 is 0. The third-order valence-electron chi connectivity index (χ3n) is 2.05. The first kappa shape index (κ1) is 12.7. The monoisotopic (exact) mass is 243 g/mol. The maximum atomic E-state index is 11.0. The van der Waals surface area contributed by atoms with Crippen LogP contribution in [0.1, 0.15) is 28.9 Å². The standard InChI is InChI=1S/C10H13NO4S/c1-7(11-16(2,14)15)8-5-3-4-6-9(8)10(12)13/h3-7,11H,1-2H3,(H,12,13). The van der Waals surface area contributed by atoms with Crippen LogP contribution in [0.15, 0.2) is 24.3 Å². The van der Waals surface area contributed by atoms with Gasteiger partial charge in [-0.3, -0.25) is 0 Å². The molecule has 6 heteroatoms. The molecule has 0 spiro atoms. The summed E-state index contributed by atoms with van der Waals surface area (Å²) in [5, 5.41) is 8.94. The molecule has 0 aliphatic rings. The lowest BCUT2D eigenvalue weighted by molar-refractivity contribution is 0.0695. The molecule has 0 radical (unpaired) electrons. The first-order valence-corrected chi connectivity index (χ1v) is 6.50. The molecule has 0 bridgehead atoms. The minimum absolute atomic E-state index is 0.103. The van der Waals surface area contributed by atoms with Crippen LogP contribution in [-0.2, 0) is 10.0 Å². The molecule has 1 aromatic rings. The number of carbonyl (C=O) groups is 1. The van der Waals surface area contributed by atoms with Gasteiger partial charge in [-0.1, -0.05) is 18.2 Å². The Labute approximate surface area is 94.2 Å². The van der Waals surface area contributed by atoms with Gasteiger partial charge in [0.05, 0.1) is 11.8 Å². The predicted molar refractivity (Wildman–Crippen MR) is 59.8 cm³/mol. The van der Waals surface area contributed by atoms with Gasteiger partial charge in [-0.25, -0.2) is 17.9 Å². The first-order chi connectivity index (χ1) is 7.31. The molecule has 0 aromatic heterocycles. The topological polar surface area (TPSA) is 83.5 Å². The Hall–Kier alpha value is -1.40. The highest BCUT2D eigenvalue weighted by atomic mass is 32.2. The number of sulfonamides is 1. The fraction of sp³-hybridized carbons (Fsp3) is 0.300. The van der Waals surface area contributed by atoms with Gasteiger partial charge >= 0.3 is 5.97 Å². The number of carboxylic acid groups (broad SMARTS) is 1. The van der Waals surface area contributed by atoms with Gasteiger partial charge in [0.1, 0.15) is 0 Å². The Morgan fingerprint density at radius 1 is 1.38 bits per heavy atom. The number of benzene rings is 1. The fourth-order valence-electron chi connectivity index (χ4n) is 1.45. The van der Waals surface area contributed by atoms with Gasteiger partial charge in [-0.2, -0.15) is 0 Å². The molecule has 0 aliphatic carbocycles. The maximum Gasteiger partial charge on any atom is 0.336 e. The van der Waals surface area contributed by atoms with Crippen molar-refractivity contribution >= 4 is 16.0 Å². The predicted octanol–water partition coefficient (Wildman–Crippen LogP) is 0.995. The normalized spacial score (nSPS) is 13.4. The van der Waals surface area contributed by atoms with Crippen molar-refractivity contribution in [3.05, 3.63) is 35.4 Å². The second kappa shape index (κ2) is 4.63. The Morgan fingerprint density at radius 3 is 2.44 bits per heavy atom. The lowest BCUT2D eigenvalue weighted by Gasteiger charge is -2.14. The lowest BCUT2D eigenvalue weighted by atomic mass is 10.0. The van der Waals surface area contributed by atoms with E-state index < -0.39 is 22.0 Å². The van der Waals surface area contributed by atoms with E-state index in [0.29, 0.717) is 5.56 Å². The molecule has 0 saturated heterocycles. The van der Waals surface area contributed by atoms with E-state index in [1.165, 1.54) is 6.07 Å². The van der Waals surface area contributed by atoms with Crippen molar-refractivity contribution in [1.29, 1.82) is 0 Å². The van der Waals surface area contributed by atoms with Gasteiger partial charge in [0.25, 0.3) is 0 Å². The van der Waals surface area contributed by atoms with Crippen molar-refractivity contribution < 1.29 is 18.3 Å². The summed E-state index contributed by atoms with van der Waals surface area (Å²) in [4.78, 5) is 10.9. The molecule has 1 atom stereocenters. The molecule has 0 aliphatic heterocycles. The van der Waals surface area contributed by atoms with Crippen molar-refractivity contribution in [3.63, 3.8) is 0 Å². The molecule has 0 heterocycles. The van der Waals surface area contributed by atoms with Gasteiger partial charge in [-0.05, 0) is 18.6 Å². The molecule has 5 nitrogen and oxygen atoms in total. The number of hydrogen-bond acceptors (Lipinski definition) is 3. The quantitative estimate of drug-likeness (QED) is 0.826. The number of hydrogen-bond donors (Lipinski definition) is 2. The highest BCUT2D eigenvalue weighted by Gasteiger charge is 2.17. The maximum absolute atomic E-state index is 11.0. The summed E-state index contributed by atoms with van der Waals surface area (Å²) in [7, 11) is -3.36. The van der Waals surface area contributed by atoms with Gasteiger partial charge in [0.15, 0.2) is 0 Å². The summed E-state index contributed by atoms with van der Waals surface area (Å²) in [6.07, 6.45) is 1.03. The van der Waals surface area contributed by atoms with E-state index in [-0.39, 0.29) is 5.56 Å². The van der Waals surface area contributed by atoms with E-state index in [4.69, 9.17) is 5.11 Å². The van der Waals surface area contributed by atoms with E-state index >= 15 is 0 Å². The third kappa shape index (κ3) is 3.32. The van der Waals surface area contributed by atoms with E-state index in [1.54, 1.807) is 25.1 Å². The van der Waals surface area contributed by atoms with Crippen LogP contribution >= 0.6 is 0 Å². The van der Waals surface area contributed by atoms with Crippen LogP contribution in [0.5, 0.6) is 0 Å². The Balaban J connectivity index is 3.08. The second-order valence-electron chi connectivity index (χ2n) is 3.50. The van der Waals surface area contributed by atoms with Crippen LogP contribution in [0.25, 0.3) is 0 Å². The first-order valence-electron chi connectivity index (χ1n) is 4.61. The minimum Gasteiger partial charge on any atom is -0.478 e. The highest BCUT2D eigenvalue weighted by molar-refractivity contribution is 7.88. The zero-order valence-corrected chi connectivity index (χ0v) is 9.78. The van der Waals surface area contributed by atoms with Gasteiger partial charge < -0.3 is 5.11 Å². The van der Waals surface area contributed by atoms with Crippen molar-refractivity contribution in [2.75, 3.05) is 6.26 Å². The average molecular weight is 243 g/mol. The van der Waals surface area contributed by atoms with Gasteiger partial charge in [0.2, 0.25) is 10.0 Å². The van der Waals surface area contributed by atoms with Crippen LogP contribution in [0.2, 0.25) is 0 Å². The zero-order chi connectivity index (χ0) is 12.3. The third-order valence-corrected chi connectivity index (χ3v) is 2.83. The molecule has 88 valence electrons. The van der Waals surface area contributed by atoms with Crippen LogP contribution in [-0.4, -0.2) is 25.7 Å². The Kier molecular flexibility index (Phi) is 3.66. The van der Waals surface area contributed by atoms with Crippen molar-refractivity contribution in [1.82, 2.24) is 4.72 Å². The smallest absolute Gasteiger partial charge is 0.336 e. The number of carboxylic acids is 1. The number of rotatable bonds is 4. The minimum atomic E-state index is -3.36. The molecule has 1 unspecified atom stereocenters. The summed E-state index contributed by atoms with van der Waals surface area (Å²) < 4.78 is 24.4. The second-order valence-corrected chi connectivity index (χ2v) is 5.28. The Bertz CT molecular complexity index is 495. The largest absolute Gasteiger partial charge is 0.478 e. The van der Waals surface area contributed by atoms with Crippen LogP contribution < -0.4 is 4.72 Å². The number of nitrogens with one attached hydrogen (secondary N) is 1. The number of aromatic carboxylic acids is 1. The molecule has 1 rings (SSSR count). The van der Waals surface area contributed by atoms with E-state index in [0.717, 1.165) is 6.26 Å². The molecule has 0 amide bonds. The molecule has 1 aromatic carbocycles. The van der Waals surface area contributed by atoms with Crippen LogP contribution in [0.4, 0.5) is 0 Å². The summed E-state index contributed by atoms with van der Waals surface area (Å²) in [6, 6.07) is 5.73. The van der Waals surface area contributed by atoms with E-state index in [1.807, 2.05) is 0 Å². The Morgan fingerprint density at radius 2 is 1.94 bits per heavy atom. The SMILES string of the molecule is CC(NS(C)(=O)=O)c1ccccc1C(=O)O. The van der Waals surface area contributed by atoms with Crippen LogP contribution in [0, 0.1) is 0 Å². The molecule has 0 saturated carbocycles.